The van der Waals surface area contributed by atoms with Gasteiger partial charge in [0, 0.05) is 17.9 Å². The number of rotatable bonds is 2. The molecule has 1 aromatic carbocycles. The number of carbonyl (C=O) groups is 1. The molecule has 3 rings (SSSR count). The number of ether oxygens (including phenoxy) is 1. The molecule has 0 aliphatic carbocycles. The van der Waals surface area contributed by atoms with Crippen LogP contribution in [0, 0.1) is 5.92 Å². The largest absolute Gasteiger partial charge is 0.487 e. The van der Waals surface area contributed by atoms with Gasteiger partial charge in [-0.2, -0.15) is 0 Å². The average Bonchev–Trinajstić information content (AvgIpc) is 2.46. The zero-order chi connectivity index (χ0) is 15.7. The van der Waals surface area contributed by atoms with Crippen LogP contribution in [0.15, 0.2) is 24.3 Å². The topological polar surface area (TPSA) is 41.6 Å². The monoisotopic (exact) mass is 302 g/mol. The van der Waals surface area contributed by atoms with E-state index in [-0.39, 0.29) is 23.5 Å². The van der Waals surface area contributed by atoms with Crippen LogP contribution in [0.25, 0.3) is 0 Å². The molecule has 4 heteroatoms. The van der Waals surface area contributed by atoms with Gasteiger partial charge in [0.05, 0.1) is 6.04 Å². The molecule has 2 heterocycles. The lowest BCUT2D eigenvalue weighted by molar-refractivity contribution is -0.127. The van der Waals surface area contributed by atoms with Crippen LogP contribution < -0.4 is 10.1 Å². The van der Waals surface area contributed by atoms with Gasteiger partial charge in [0.15, 0.2) is 0 Å². The van der Waals surface area contributed by atoms with Gasteiger partial charge in [0.2, 0.25) is 5.91 Å². The second-order valence-corrected chi connectivity index (χ2v) is 7.24. The van der Waals surface area contributed by atoms with Crippen molar-refractivity contribution in [3.05, 3.63) is 29.8 Å². The third-order valence-electron chi connectivity index (χ3n) is 4.78. The molecule has 0 saturated carbocycles. The highest BCUT2D eigenvalue weighted by Gasteiger charge is 2.35. The van der Waals surface area contributed by atoms with Gasteiger partial charge >= 0.3 is 0 Å². The number of fused-ring (bicyclic) bond motifs is 1. The molecule has 1 aromatic rings. The number of nitrogens with zero attached hydrogens (tertiary/aromatic N) is 1. The maximum atomic E-state index is 12.6. The molecule has 0 unspecified atom stereocenters. The van der Waals surface area contributed by atoms with Gasteiger partial charge in [-0.25, -0.2) is 0 Å². The van der Waals surface area contributed by atoms with Crippen molar-refractivity contribution in [3.8, 4) is 5.75 Å². The number of piperidine rings is 1. The van der Waals surface area contributed by atoms with E-state index in [9.17, 15) is 4.79 Å². The first-order chi connectivity index (χ1) is 10.4. The van der Waals surface area contributed by atoms with Crippen LogP contribution in [-0.4, -0.2) is 36.5 Å². The van der Waals surface area contributed by atoms with E-state index >= 15 is 0 Å². The molecule has 0 bridgehead atoms. The second kappa shape index (κ2) is 5.92. The van der Waals surface area contributed by atoms with Crippen LogP contribution >= 0.6 is 0 Å². The van der Waals surface area contributed by atoms with E-state index in [1.807, 2.05) is 18.2 Å². The van der Waals surface area contributed by atoms with Crippen LogP contribution in [0.5, 0.6) is 5.75 Å². The summed E-state index contributed by atoms with van der Waals surface area (Å²) in [5.74, 6) is 1.24. The van der Waals surface area contributed by atoms with Crippen molar-refractivity contribution in [1.29, 1.82) is 0 Å². The predicted octanol–water partition coefficient (Wildman–Crippen LogP) is 2.75. The van der Waals surface area contributed by atoms with E-state index in [4.69, 9.17) is 4.74 Å². The Balaban J connectivity index is 1.73. The maximum Gasteiger partial charge on any atom is 0.223 e. The lowest BCUT2D eigenvalue weighted by Gasteiger charge is -2.38. The molecule has 0 aromatic heterocycles. The molecular weight excluding hydrogens is 276 g/mol. The van der Waals surface area contributed by atoms with E-state index in [0.29, 0.717) is 0 Å². The summed E-state index contributed by atoms with van der Waals surface area (Å²) in [5, 5.41) is 3.28. The SMILES string of the molecule is CN1CCC(C(=O)N[C@H]2CC(C)(C)Oc3ccccc32)CC1. The molecular formula is C18H26N2O2. The van der Waals surface area contributed by atoms with E-state index in [2.05, 4.69) is 37.2 Å². The van der Waals surface area contributed by atoms with Gasteiger partial charge in [0.25, 0.3) is 0 Å². The number of hydrogen-bond donors (Lipinski definition) is 1. The van der Waals surface area contributed by atoms with Crippen molar-refractivity contribution >= 4 is 5.91 Å². The number of carbonyl (C=O) groups excluding carboxylic acids is 1. The third-order valence-corrected chi connectivity index (χ3v) is 4.78. The summed E-state index contributed by atoms with van der Waals surface area (Å²) in [4.78, 5) is 14.9. The third kappa shape index (κ3) is 3.27. The van der Waals surface area contributed by atoms with Gasteiger partial charge in [-0.15, -0.1) is 0 Å². The molecule has 1 atom stereocenters. The summed E-state index contributed by atoms with van der Waals surface area (Å²) in [6, 6.07) is 8.09. The second-order valence-electron chi connectivity index (χ2n) is 7.24. The smallest absolute Gasteiger partial charge is 0.223 e. The zero-order valence-corrected chi connectivity index (χ0v) is 13.8. The summed E-state index contributed by atoms with van der Waals surface area (Å²) in [5.41, 5.74) is 0.849. The first-order valence-corrected chi connectivity index (χ1v) is 8.21. The van der Waals surface area contributed by atoms with E-state index in [0.717, 1.165) is 43.7 Å². The summed E-state index contributed by atoms with van der Waals surface area (Å²) in [7, 11) is 2.12. The Morgan fingerprint density at radius 3 is 2.68 bits per heavy atom. The molecule has 0 radical (unpaired) electrons. The minimum Gasteiger partial charge on any atom is -0.487 e. The van der Waals surface area contributed by atoms with Crippen molar-refractivity contribution in [1.82, 2.24) is 10.2 Å². The maximum absolute atomic E-state index is 12.6. The van der Waals surface area contributed by atoms with Gasteiger partial charge in [-0.3, -0.25) is 4.79 Å². The van der Waals surface area contributed by atoms with Crippen molar-refractivity contribution in [2.24, 2.45) is 5.92 Å². The molecule has 0 spiro atoms. The molecule has 1 fully saturated rings. The van der Waals surface area contributed by atoms with Crippen molar-refractivity contribution in [3.63, 3.8) is 0 Å². The quantitative estimate of drug-likeness (QED) is 0.913. The molecule has 120 valence electrons. The number of nitrogens with one attached hydrogen (secondary N) is 1. The standard InChI is InChI=1S/C18H26N2O2/c1-18(2)12-15(14-6-4-5-7-16(14)22-18)19-17(21)13-8-10-20(3)11-9-13/h4-7,13,15H,8-12H2,1-3H3,(H,19,21)/t15-/m0/s1. The highest BCUT2D eigenvalue weighted by Crippen LogP contribution is 2.39. The van der Waals surface area contributed by atoms with E-state index in [1.165, 1.54) is 0 Å². The van der Waals surface area contributed by atoms with Crippen molar-refractivity contribution < 1.29 is 9.53 Å². The molecule has 1 saturated heterocycles. The Bertz CT molecular complexity index is 548. The van der Waals surface area contributed by atoms with Crippen LogP contribution in [-0.2, 0) is 4.79 Å². The van der Waals surface area contributed by atoms with Gasteiger partial charge < -0.3 is 15.0 Å². The number of benzene rings is 1. The fourth-order valence-corrected chi connectivity index (χ4v) is 3.49. The predicted molar refractivity (Wildman–Crippen MR) is 86.9 cm³/mol. The minimum atomic E-state index is -0.251. The lowest BCUT2D eigenvalue weighted by atomic mass is 9.88. The molecule has 4 nitrogen and oxygen atoms in total. The highest BCUT2D eigenvalue weighted by atomic mass is 16.5. The Hall–Kier alpha value is -1.55. The first kappa shape index (κ1) is 15.3. The fourth-order valence-electron chi connectivity index (χ4n) is 3.49. The Kier molecular flexibility index (Phi) is 4.13. The molecule has 1 amide bonds. The lowest BCUT2D eigenvalue weighted by Crippen LogP contribution is -2.44. The van der Waals surface area contributed by atoms with Crippen LogP contribution in [0.3, 0.4) is 0 Å². The van der Waals surface area contributed by atoms with Crippen molar-refractivity contribution in [2.75, 3.05) is 20.1 Å². The van der Waals surface area contributed by atoms with Gasteiger partial charge in [-0.1, -0.05) is 18.2 Å². The average molecular weight is 302 g/mol. The van der Waals surface area contributed by atoms with Crippen LogP contribution in [0.4, 0.5) is 0 Å². The normalized spacial score (nSPS) is 25.1. The Labute approximate surface area is 132 Å². The number of likely N-dealkylation sites (tertiary alicyclic amines) is 1. The number of para-hydroxylation sites is 1. The molecule has 22 heavy (non-hydrogen) atoms. The van der Waals surface area contributed by atoms with Crippen molar-refractivity contribution in [2.45, 2.75) is 44.8 Å². The van der Waals surface area contributed by atoms with Gasteiger partial charge in [-0.05, 0) is 52.9 Å². The molecule has 1 N–H and O–H groups in total. The molecule has 2 aliphatic heterocycles. The summed E-state index contributed by atoms with van der Waals surface area (Å²) >= 11 is 0. The van der Waals surface area contributed by atoms with Crippen LogP contribution in [0.2, 0.25) is 0 Å². The fraction of sp³-hybridized carbons (Fsp3) is 0.611. The highest BCUT2D eigenvalue weighted by molar-refractivity contribution is 5.79. The Morgan fingerprint density at radius 2 is 1.95 bits per heavy atom. The molecule has 2 aliphatic rings. The van der Waals surface area contributed by atoms with E-state index < -0.39 is 0 Å². The summed E-state index contributed by atoms with van der Waals surface area (Å²) in [6.07, 6.45) is 2.72. The zero-order valence-electron chi connectivity index (χ0n) is 13.8. The van der Waals surface area contributed by atoms with Gasteiger partial charge in [0.1, 0.15) is 11.4 Å². The van der Waals surface area contributed by atoms with Crippen LogP contribution in [0.1, 0.15) is 44.7 Å². The Morgan fingerprint density at radius 1 is 1.27 bits per heavy atom. The summed E-state index contributed by atoms with van der Waals surface area (Å²) < 4.78 is 6.03. The first-order valence-electron chi connectivity index (χ1n) is 8.21. The number of amides is 1. The van der Waals surface area contributed by atoms with E-state index in [1.54, 1.807) is 0 Å². The number of hydrogen-bond acceptors (Lipinski definition) is 3. The summed E-state index contributed by atoms with van der Waals surface area (Å²) in [6.45, 7) is 6.18. The minimum absolute atomic E-state index is 0.0482.